The molecule has 1 aliphatic rings. The van der Waals surface area contributed by atoms with Crippen molar-refractivity contribution in [3.63, 3.8) is 0 Å². The maximum absolute atomic E-state index is 11.8. The first-order chi connectivity index (χ1) is 8.16. The monoisotopic (exact) mass is 256 g/mol. The summed E-state index contributed by atoms with van der Waals surface area (Å²) in [6.07, 6.45) is 0. The topological polar surface area (TPSA) is 78.9 Å². The zero-order valence-electron chi connectivity index (χ0n) is 9.01. The number of morpholine rings is 1. The van der Waals surface area contributed by atoms with Crippen LogP contribution in [0.2, 0.25) is 0 Å². The molecular weight excluding hydrogens is 244 g/mol. The molecule has 6 nitrogen and oxygen atoms in total. The number of aromatic carboxylic acids is 1. The number of hydrogen-bond acceptors (Lipinski definition) is 4. The Morgan fingerprint density at radius 2 is 2.06 bits per heavy atom. The van der Waals surface area contributed by atoms with Crippen LogP contribution >= 0.6 is 11.3 Å². The molecule has 1 fully saturated rings. The molecule has 2 N–H and O–H groups in total. The lowest BCUT2D eigenvalue weighted by molar-refractivity contribution is 0.0565. The number of carboxylic acid groups (broad SMARTS) is 1. The van der Waals surface area contributed by atoms with Crippen molar-refractivity contribution in [3.05, 3.63) is 17.0 Å². The van der Waals surface area contributed by atoms with Gasteiger partial charge in [-0.2, -0.15) is 0 Å². The molecule has 92 valence electrons. The van der Waals surface area contributed by atoms with Crippen molar-refractivity contribution in [2.75, 3.05) is 31.6 Å². The van der Waals surface area contributed by atoms with E-state index >= 15 is 0 Å². The SMILES string of the molecule is O=C(O)c1ccc(NC(=O)N2CCOCC2)s1. The summed E-state index contributed by atoms with van der Waals surface area (Å²) in [6.45, 7) is 2.20. The minimum absolute atomic E-state index is 0.210. The molecule has 0 aromatic carbocycles. The van der Waals surface area contributed by atoms with Crippen molar-refractivity contribution in [3.8, 4) is 0 Å². The maximum Gasteiger partial charge on any atom is 0.345 e. The van der Waals surface area contributed by atoms with Gasteiger partial charge in [0.1, 0.15) is 4.88 Å². The molecule has 1 aromatic heterocycles. The molecule has 2 heterocycles. The van der Waals surface area contributed by atoms with E-state index < -0.39 is 5.97 Å². The molecule has 1 saturated heterocycles. The summed E-state index contributed by atoms with van der Waals surface area (Å²) in [7, 11) is 0. The largest absolute Gasteiger partial charge is 0.477 e. The van der Waals surface area contributed by atoms with E-state index in [-0.39, 0.29) is 10.9 Å². The molecule has 1 aromatic rings. The second kappa shape index (κ2) is 5.15. The van der Waals surface area contributed by atoms with Gasteiger partial charge in [-0.15, -0.1) is 11.3 Å². The first-order valence-electron chi connectivity index (χ1n) is 5.13. The van der Waals surface area contributed by atoms with Gasteiger partial charge >= 0.3 is 12.0 Å². The maximum atomic E-state index is 11.8. The van der Waals surface area contributed by atoms with Gasteiger partial charge in [-0.05, 0) is 12.1 Å². The lowest BCUT2D eigenvalue weighted by atomic mass is 10.4. The number of nitrogens with one attached hydrogen (secondary N) is 1. The highest BCUT2D eigenvalue weighted by molar-refractivity contribution is 7.18. The number of carboxylic acids is 1. The number of urea groups is 1. The van der Waals surface area contributed by atoms with Crippen LogP contribution in [0.15, 0.2) is 12.1 Å². The minimum atomic E-state index is -0.984. The fraction of sp³-hybridized carbons (Fsp3) is 0.400. The van der Waals surface area contributed by atoms with Crippen LogP contribution in [-0.4, -0.2) is 48.3 Å². The average molecular weight is 256 g/mol. The Morgan fingerprint density at radius 1 is 1.35 bits per heavy atom. The Labute approximate surface area is 102 Å². The Balaban J connectivity index is 1.94. The number of hydrogen-bond donors (Lipinski definition) is 2. The number of rotatable bonds is 2. The lowest BCUT2D eigenvalue weighted by Gasteiger charge is -2.26. The predicted octanol–water partition coefficient (Wildman–Crippen LogP) is 1.31. The van der Waals surface area contributed by atoms with Gasteiger partial charge < -0.3 is 14.7 Å². The Bertz CT molecular complexity index is 426. The molecular formula is C10H12N2O4S. The third-order valence-corrected chi connectivity index (χ3v) is 3.33. The third kappa shape index (κ3) is 2.95. The van der Waals surface area contributed by atoms with Crippen molar-refractivity contribution in [2.45, 2.75) is 0 Å². The fourth-order valence-electron chi connectivity index (χ4n) is 1.47. The summed E-state index contributed by atoms with van der Waals surface area (Å²) in [5.41, 5.74) is 0. The molecule has 0 spiro atoms. The fourth-order valence-corrected chi connectivity index (χ4v) is 2.21. The van der Waals surface area contributed by atoms with Gasteiger partial charge in [-0.3, -0.25) is 5.32 Å². The summed E-state index contributed by atoms with van der Waals surface area (Å²) in [4.78, 5) is 24.3. The van der Waals surface area contributed by atoms with Crippen LogP contribution in [0.1, 0.15) is 9.67 Å². The summed E-state index contributed by atoms with van der Waals surface area (Å²) < 4.78 is 5.14. The van der Waals surface area contributed by atoms with Crippen LogP contribution in [0.25, 0.3) is 0 Å². The van der Waals surface area contributed by atoms with Gasteiger partial charge in [-0.25, -0.2) is 9.59 Å². The van der Waals surface area contributed by atoms with Crippen molar-refractivity contribution in [1.82, 2.24) is 4.90 Å². The van der Waals surface area contributed by atoms with E-state index in [1.807, 2.05) is 0 Å². The van der Waals surface area contributed by atoms with Crippen LogP contribution in [0.3, 0.4) is 0 Å². The van der Waals surface area contributed by atoms with Crippen LogP contribution in [-0.2, 0) is 4.74 Å². The first-order valence-corrected chi connectivity index (χ1v) is 5.95. The number of ether oxygens (including phenoxy) is 1. The quantitative estimate of drug-likeness (QED) is 0.836. The van der Waals surface area contributed by atoms with E-state index in [1.165, 1.54) is 6.07 Å². The van der Waals surface area contributed by atoms with E-state index in [0.29, 0.717) is 31.3 Å². The second-order valence-corrected chi connectivity index (χ2v) is 4.58. The van der Waals surface area contributed by atoms with Crippen molar-refractivity contribution in [1.29, 1.82) is 0 Å². The molecule has 17 heavy (non-hydrogen) atoms. The molecule has 0 bridgehead atoms. The molecule has 0 aliphatic carbocycles. The van der Waals surface area contributed by atoms with E-state index in [1.54, 1.807) is 11.0 Å². The molecule has 7 heteroatoms. The van der Waals surface area contributed by atoms with Crippen molar-refractivity contribution < 1.29 is 19.4 Å². The number of carbonyl (C=O) groups excluding carboxylic acids is 1. The smallest absolute Gasteiger partial charge is 0.345 e. The molecule has 0 saturated carbocycles. The van der Waals surface area contributed by atoms with E-state index in [0.717, 1.165) is 11.3 Å². The van der Waals surface area contributed by atoms with Crippen LogP contribution in [0, 0.1) is 0 Å². The number of amides is 2. The van der Waals surface area contributed by atoms with Crippen LogP contribution in [0.4, 0.5) is 9.80 Å². The van der Waals surface area contributed by atoms with Crippen LogP contribution in [0.5, 0.6) is 0 Å². The Hall–Kier alpha value is -1.60. The van der Waals surface area contributed by atoms with Crippen molar-refractivity contribution >= 4 is 28.3 Å². The number of carbonyl (C=O) groups is 2. The minimum Gasteiger partial charge on any atom is -0.477 e. The number of nitrogens with zero attached hydrogens (tertiary/aromatic N) is 1. The highest BCUT2D eigenvalue weighted by atomic mass is 32.1. The average Bonchev–Trinajstić information content (AvgIpc) is 2.79. The number of thiophene rings is 1. The highest BCUT2D eigenvalue weighted by Gasteiger charge is 2.17. The second-order valence-electron chi connectivity index (χ2n) is 3.50. The molecule has 0 unspecified atom stereocenters. The molecule has 0 atom stereocenters. The predicted molar refractivity (Wildman–Crippen MR) is 62.7 cm³/mol. The first kappa shape index (κ1) is 11.9. The highest BCUT2D eigenvalue weighted by Crippen LogP contribution is 2.22. The zero-order chi connectivity index (χ0) is 12.3. The zero-order valence-corrected chi connectivity index (χ0v) is 9.83. The lowest BCUT2D eigenvalue weighted by Crippen LogP contribution is -2.42. The summed E-state index contributed by atoms with van der Waals surface area (Å²) >= 11 is 1.04. The molecule has 2 rings (SSSR count). The molecule has 1 aliphatic heterocycles. The van der Waals surface area contributed by atoms with Gasteiger partial charge in [-0.1, -0.05) is 0 Å². The van der Waals surface area contributed by atoms with E-state index in [9.17, 15) is 9.59 Å². The van der Waals surface area contributed by atoms with E-state index in [4.69, 9.17) is 9.84 Å². The van der Waals surface area contributed by atoms with E-state index in [2.05, 4.69) is 5.32 Å². The van der Waals surface area contributed by atoms with Crippen LogP contribution < -0.4 is 5.32 Å². The normalized spacial score (nSPS) is 15.6. The van der Waals surface area contributed by atoms with Gasteiger partial charge in [0.05, 0.1) is 18.2 Å². The molecule has 0 radical (unpaired) electrons. The summed E-state index contributed by atoms with van der Waals surface area (Å²) in [5.74, 6) is -0.984. The van der Waals surface area contributed by atoms with Gasteiger partial charge in [0.15, 0.2) is 0 Å². The standard InChI is InChI=1S/C10H12N2O4S/c13-9(14)7-1-2-8(17-7)11-10(15)12-3-5-16-6-4-12/h1-2H,3-6H2,(H,11,15)(H,13,14). The number of anilines is 1. The summed E-state index contributed by atoms with van der Waals surface area (Å²) in [6, 6.07) is 2.85. The van der Waals surface area contributed by atoms with Gasteiger partial charge in [0.2, 0.25) is 0 Å². The Morgan fingerprint density at radius 3 is 2.65 bits per heavy atom. The summed E-state index contributed by atoms with van der Waals surface area (Å²) in [5, 5.41) is 12.0. The Kier molecular flexibility index (Phi) is 3.60. The molecule has 2 amide bonds. The van der Waals surface area contributed by atoms with Gasteiger partial charge in [0, 0.05) is 13.1 Å². The third-order valence-electron chi connectivity index (χ3n) is 2.35. The van der Waals surface area contributed by atoms with Gasteiger partial charge in [0.25, 0.3) is 0 Å². The van der Waals surface area contributed by atoms with Crippen molar-refractivity contribution in [2.24, 2.45) is 0 Å².